The second kappa shape index (κ2) is 7.49. The number of amides is 1. The normalized spacial score (nSPS) is 16.1. The van der Waals surface area contributed by atoms with Crippen molar-refractivity contribution < 1.29 is 4.79 Å². The lowest BCUT2D eigenvalue weighted by Crippen LogP contribution is -2.53. The molecule has 1 saturated heterocycles. The molecule has 3 rings (SSSR count). The number of hydrogen-bond acceptors (Lipinski definition) is 3. The Bertz CT molecular complexity index is 678. The number of benzene rings is 2. The number of anilines is 1. The molecule has 1 amide bonds. The molecule has 4 nitrogen and oxygen atoms in total. The predicted octanol–water partition coefficient (Wildman–Crippen LogP) is 2.21. The largest absolute Gasteiger partial charge is 0.368 e. The topological polar surface area (TPSA) is 49.6 Å². The van der Waals surface area contributed by atoms with Gasteiger partial charge in [-0.3, -0.25) is 4.79 Å². The van der Waals surface area contributed by atoms with E-state index in [-0.39, 0.29) is 5.91 Å². The zero-order valence-electron chi connectivity index (χ0n) is 14.2. The highest BCUT2D eigenvalue weighted by Gasteiger charge is 2.25. The molecule has 2 aromatic rings. The van der Waals surface area contributed by atoms with Crippen molar-refractivity contribution in [3.63, 3.8) is 0 Å². The van der Waals surface area contributed by atoms with Gasteiger partial charge in [0.2, 0.25) is 5.91 Å². The summed E-state index contributed by atoms with van der Waals surface area (Å²) < 4.78 is 0. The quantitative estimate of drug-likeness (QED) is 0.938. The molecule has 0 aromatic heterocycles. The Hall–Kier alpha value is -2.33. The van der Waals surface area contributed by atoms with Crippen LogP contribution in [0.4, 0.5) is 5.69 Å². The van der Waals surface area contributed by atoms with E-state index in [0.717, 1.165) is 31.7 Å². The molecule has 0 spiro atoms. The van der Waals surface area contributed by atoms with Gasteiger partial charge >= 0.3 is 0 Å². The highest BCUT2D eigenvalue weighted by atomic mass is 16.2. The van der Waals surface area contributed by atoms with Gasteiger partial charge in [-0.05, 0) is 30.5 Å². The van der Waals surface area contributed by atoms with Gasteiger partial charge in [0, 0.05) is 31.9 Å². The van der Waals surface area contributed by atoms with Gasteiger partial charge in [0.15, 0.2) is 0 Å². The molecule has 1 unspecified atom stereocenters. The monoisotopic (exact) mass is 323 g/mol. The second-order valence-corrected chi connectivity index (χ2v) is 6.40. The van der Waals surface area contributed by atoms with Crippen molar-refractivity contribution in [3.05, 3.63) is 65.7 Å². The molecule has 0 bridgehead atoms. The lowest BCUT2D eigenvalue weighted by atomic mass is 10.1. The zero-order valence-corrected chi connectivity index (χ0v) is 14.2. The molecule has 1 fully saturated rings. The number of piperazine rings is 1. The number of rotatable bonds is 4. The van der Waals surface area contributed by atoms with Crippen molar-refractivity contribution in [2.24, 2.45) is 5.73 Å². The van der Waals surface area contributed by atoms with Gasteiger partial charge in [-0.25, -0.2) is 0 Å². The van der Waals surface area contributed by atoms with E-state index < -0.39 is 6.04 Å². The van der Waals surface area contributed by atoms with Crippen LogP contribution in [0.15, 0.2) is 54.6 Å². The molecule has 4 heteroatoms. The third-order valence-electron chi connectivity index (χ3n) is 4.66. The lowest BCUT2D eigenvalue weighted by molar-refractivity contribution is -0.132. The molecule has 0 aliphatic carbocycles. The van der Waals surface area contributed by atoms with Crippen LogP contribution in [0.2, 0.25) is 0 Å². The van der Waals surface area contributed by atoms with Crippen molar-refractivity contribution in [3.8, 4) is 0 Å². The Morgan fingerprint density at radius 1 is 1.00 bits per heavy atom. The van der Waals surface area contributed by atoms with E-state index in [1.165, 1.54) is 11.3 Å². The Kier molecular flexibility index (Phi) is 5.16. The fourth-order valence-corrected chi connectivity index (χ4v) is 3.28. The molecule has 2 N–H and O–H groups in total. The zero-order chi connectivity index (χ0) is 16.9. The molecule has 0 saturated carbocycles. The molecule has 1 aliphatic rings. The number of aryl methyl sites for hydroxylation is 1. The standard InChI is InChI=1S/C20H25N3O/c1-16-7-5-6-10-19(16)22-11-13-23(14-12-22)20(24)18(21)15-17-8-3-2-4-9-17/h2-10,18H,11-15,21H2,1H3. The first-order valence-corrected chi connectivity index (χ1v) is 8.54. The van der Waals surface area contributed by atoms with Crippen LogP contribution in [0.3, 0.4) is 0 Å². The predicted molar refractivity (Wildman–Crippen MR) is 98.1 cm³/mol. The number of hydrogen-bond donors (Lipinski definition) is 1. The maximum absolute atomic E-state index is 12.6. The number of para-hydroxylation sites is 1. The number of carbonyl (C=O) groups is 1. The van der Waals surface area contributed by atoms with Crippen LogP contribution >= 0.6 is 0 Å². The van der Waals surface area contributed by atoms with Crippen LogP contribution in [0.5, 0.6) is 0 Å². The van der Waals surface area contributed by atoms with Crippen LogP contribution < -0.4 is 10.6 Å². The molecule has 1 atom stereocenters. The van der Waals surface area contributed by atoms with Crippen molar-refractivity contribution in [2.75, 3.05) is 31.1 Å². The summed E-state index contributed by atoms with van der Waals surface area (Å²) in [6.45, 7) is 5.30. The van der Waals surface area contributed by atoms with Gasteiger partial charge in [0.05, 0.1) is 6.04 Å². The summed E-state index contributed by atoms with van der Waals surface area (Å²) in [5.41, 5.74) is 9.79. The van der Waals surface area contributed by atoms with Gasteiger partial charge in [-0.1, -0.05) is 48.5 Å². The minimum Gasteiger partial charge on any atom is -0.368 e. The number of nitrogens with two attached hydrogens (primary N) is 1. The summed E-state index contributed by atoms with van der Waals surface area (Å²) in [7, 11) is 0. The minimum atomic E-state index is -0.461. The van der Waals surface area contributed by atoms with Gasteiger partial charge in [0.1, 0.15) is 0 Å². The van der Waals surface area contributed by atoms with E-state index in [4.69, 9.17) is 5.73 Å². The Morgan fingerprint density at radius 3 is 2.29 bits per heavy atom. The molecule has 2 aromatic carbocycles. The first-order valence-electron chi connectivity index (χ1n) is 8.54. The molecule has 126 valence electrons. The Labute approximate surface area is 143 Å². The van der Waals surface area contributed by atoms with Crippen LogP contribution in [0, 0.1) is 6.92 Å². The van der Waals surface area contributed by atoms with Crippen molar-refractivity contribution in [2.45, 2.75) is 19.4 Å². The Morgan fingerprint density at radius 2 is 1.62 bits per heavy atom. The van der Waals surface area contributed by atoms with E-state index in [9.17, 15) is 4.79 Å². The van der Waals surface area contributed by atoms with Crippen LogP contribution in [-0.2, 0) is 11.2 Å². The summed E-state index contributed by atoms with van der Waals surface area (Å²) in [6, 6.07) is 17.9. The van der Waals surface area contributed by atoms with Crippen molar-refractivity contribution in [1.29, 1.82) is 0 Å². The average Bonchev–Trinajstić information content (AvgIpc) is 2.62. The molecule has 0 radical (unpaired) electrons. The Balaban J connectivity index is 1.56. The van der Waals surface area contributed by atoms with Gasteiger partial charge < -0.3 is 15.5 Å². The number of carbonyl (C=O) groups excluding carboxylic acids is 1. The molecule has 24 heavy (non-hydrogen) atoms. The first kappa shape index (κ1) is 16.5. The van der Waals surface area contributed by atoms with Gasteiger partial charge in [-0.15, -0.1) is 0 Å². The van der Waals surface area contributed by atoms with Gasteiger partial charge in [-0.2, -0.15) is 0 Å². The average molecular weight is 323 g/mol. The second-order valence-electron chi connectivity index (χ2n) is 6.40. The smallest absolute Gasteiger partial charge is 0.239 e. The minimum absolute atomic E-state index is 0.0586. The lowest BCUT2D eigenvalue weighted by Gasteiger charge is -2.37. The van der Waals surface area contributed by atoms with E-state index >= 15 is 0 Å². The SMILES string of the molecule is Cc1ccccc1N1CCN(C(=O)C(N)Cc2ccccc2)CC1. The third kappa shape index (κ3) is 3.77. The fourth-order valence-electron chi connectivity index (χ4n) is 3.28. The highest BCUT2D eigenvalue weighted by molar-refractivity contribution is 5.82. The molecular formula is C20H25N3O. The van der Waals surface area contributed by atoms with Crippen LogP contribution in [-0.4, -0.2) is 43.0 Å². The van der Waals surface area contributed by atoms with Crippen molar-refractivity contribution in [1.82, 2.24) is 4.90 Å². The molecule has 1 aliphatic heterocycles. The van der Waals surface area contributed by atoms with Crippen LogP contribution in [0.1, 0.15) is 11.1 Å². The molecule has 1 heterocycles. The number of nitrogens with zero attached hydrogens (tertiary/aromatic N) is 2. The van der Waals surface area contributed by atoms with E-state index in [2.05, 4.69) is 36.1 Å². The fraction of sp³-hybridized carbons (Fsp3) is 0.350. The summed E-state index contributed by atoms with van der Waals surface area (Å²) in [6.07, 6.45) is 0.595. The summed E-state index contributed by atoms with van der Waals surface area (Å²) >= 11 is 0. The van der Waals surface area contributed by atoms with Crippen LogP contribution in [0.25, 0.3) is 0 Å². The summed E-state index contributed by atoms with van der Waals surface area (Å²) in [4.78, 5) is 16.8. The summed E-state index contributed by atoms with van der Waals surface area (Å²) in [5.74, 6) is 0.0586. The maximum Gasteiger partial charge on any atom is 0.239 e. The van der Waals surface area contributed by atoms with Gasteiger partial charge in [0.25, 0.3) is 0 Å². The first-order chi connectivity index (χ1) is 11.6. The molecular weight excluding hydrogens is 298 g/mol. The van der Waals surface area contributed by atoms with E-state index in [0.29, 0.717) is 6.42 Å². The summed E-state index contributed by atoms with van der Waals surface area (Å²) in [5, 5.41) is 0. The highest BCUT2D eigenvalue weighted by Crippen LogP contribution is 2.21. The third-order valence-corrected chi connectivity index (χ3v) is 4.66. The van der Waals surface area contributed by atoms with Crippen molar-refractivity contribution >= 4 is 11.6 Å². The maximum atomic E-state index is 12.6. The van der Waals surface area contributed by atoms with E-state index in [1.54, 1.807) is 0 Å². The van der Waals surface area contributed by atoms with E-state index in [1.807, 2.05) is 35.2 Å².